The third-order valence-corrected chi connectivity index (χ3v) is 9.35. The van der Waals surface area contributed by atoms with Crippen LogP contribution in [0.1, 0.15) is 65.9 Å². The summed E-state index contributed by atoms with van der Waals surface area (Å²) in [5.41, 5.74) is 7.10. The van der Waals surface area contributed by atoms with E-state index in [9.17, 15) is 19.2 Å². The van der Waals surface area contributed by atoms with Crippen molar-refractivity contribution in [1.82, 2.24) is 15.1 Å². The van der Waals surface area contributed by atoms with Gasteiger partial charge >= 0.3 is 5.97 Å². The van der Waals surface area contributed by atoms with E-state index >= 15 is 0 Å². The maximum absolute atomic E-state index is 13.9. The van der Waals surface area contributed by atoms with Gasteiger partial charge in [-0.2, -0.15) is 0 Å². The molecule has 0 radical (unpaired) electrons. The Morgan fingerprint density at radius 2 is 1.69 bits per heavy atom. The second-order valence-electron chi connectivity index (χ2n) is 12.6. The first kappa shape index (κ1) is 38.2. The standard InChI is InChI=1S/C34H56N4O7/c1-10-22(4)30(37(6)33(41)29(35)21(2)3)27(43-7)20-28(39)38-18-14-17-26(38)31(44-8)23(5)32(40)36-25(34(42)45-9)19-24-15-12-11-13-16-24/h11-13,15-16,21-23,25-27,29-31H,10,14,17-20,35H2,1-9H3,(H,36,40)/t22-,23+,25-,26-,27+,29-,30-,31?/m0/s1. The van der Waals surface area contributed by atoms with E-state index in [1.54, 1.807) is 30.9 Å². The van der Waals surface area contributed by atoms with Gasteiger partial charge in [0.2, 0.25) is 17.7 Å². The number of carbonyl (C=O) groups is 4. The minimum atomic E-state index is -0.866. The number of likely N-dealkylation sites (tertiary alicyclic amines) is 1. The van der Waals surface area contributed by atoms with Gasteiger partial charge in [-0.05, 0) is 30.2 Å². The molecule has 1 fully saturated rings. The summed E-state index contributed by atoms with van der Waals surface area (Å²) in [7, 11) is 6.12. The summed E-state index contributed by atoms with van der Waals surface area (Å²) in [5, 5.41) is 2.85. The zero-order chi connectivity index (χ0) is 33.8. The quantitative estimate of drug-likeness (QED) is 0.250. The van der Waals surface area contributed by atoms with Crippen LogP contribution in [0.25, 0.3) is 0 Å². The number of nitrogens with zero attached hydrogens (tertiary/aromatic N) is 2. The van der Waals surface area contributed by atoms with Gasteiger partial charge in [-0.1, -0.05) is 71.4 Å². The number of amides is 3. The molecule has 11 nitrogen and oxygen atoms in total. The fourth-order valence-corrected chi connectivity index (χ4v) is 6.31. The highest BCUT2D eigenvalue weighted by Gasteiger charge is 2.42. The lowest BCUT2D eigenvalue weighted by molar-refractivity contribution is -0.148. The lowest BCUT2D eigenvalue weighted by atomic mass is 9.89. The molecule has 0 aromatic heterocycles. The molecular weight excluding hydrogens is 576 g/mol. The Kier molecular flexibility index (Phi) is 15.4. The summed E-state index contributed by atoms with van der Waals surface area (Å²) in [4.78, 5) is 56.6. The first-order valence-electron chi connectivity index (χ1n) is 16.1. The molecule has 3 N–H and O–H groups in total. The molecule has 254 valence electrons. The van der Waals surface area contributed by atoms with E-state index in [2.05, 4.69) is 5.32 Å². The van der Waals surface area contributed by atoms with Gasteiger partial charge in [0.05, 0.1) is 49.8 Å². The van der Waals surface area contributed by atoms with Gasteiger partial charge in [-0.3, -0.25) is 14.4 Å². The van der Waals surface area contributed by atoms with E-state index in [1.807, 2.05) is 58.0 Å². The van der Waals surface area contributed by atoms with E-state index < -0.39 is 36.2 Å². The molecule has 1 heterocycles. The first-order chi connectivity index (χ1) is 21.3. The average molecular weight is 633 g/mol. The lowest BCUT2D eigenvalue weighted by Gasteiger charge is -2.40. The molecule has 0 spiro atoms. The molecule has 11 heteroatoms. The van der Waals surface area contributed by atoms with Crippen LogP contribution in [0.5, 0.6) is 0 Å². The zero-order valence-electron chi connectivity index (χ0n) is 28.7. The van der Waals surface area contributed by atoms with Crippen LogP contribution in [0.15, 0.2) is 30.3 Å². The normalized spacial score (nSPS) is 19.6. The number of nitrogens with one attached hydrogen (secondary N) is 1. The van der Waals surface area contributed by atoms with Crippen LogP contribution in [-0.4, -0.2) is 105 Å². The van der Waals surface area contributed by atoms with Crippen molar-refractivity contribution < 1.29 is 33.4 Å². The molecule has 1 aliphatic heterocycles. The summed E-state index contributed by atoms with van der Waals surface area (Å²) in [5.74, 6) is -1.84. The Bertz CT molecular complexity index is 1100. The number of ether oxygens (including phenoxy) is 3. The van der Waals surface area contributed by atoms with Crippen LogP contribution in [0, 0.1) is 17.8 Å². The van der Waals surface area contributed by atoms with E-state index in [0.717, 1.165) is 18.4 Å². The third-order valence-electron chi connectivity index (χ3n) is 9.35. The van der Waals surface area contributed by atoms with Gasteiger partial charge < -0.3 is 35.1 Å². The number of nitrogens with two attached hydrogens (primary N) is 1. The Labute approximate surface area is 269 Å². The molecule has 3 amide bonds. The van der Waals surface area contributed by atoms with E-state index in [4.69, 9.17) is 19.9 Å². The fourth-order valence-electron chi connectivity index (χ4n) is 6.31. The number of rotatable bonds is 17. The second-order valence-corrected chi connectivity index (χ2v) is 12.6. The van der Waals surface area contributed by atoms with Gasteiger partial charge in [-0.25, -0.2) is 4.79 Å². The molecule has 1 aromatic carbocycles. The van der Waals surface area contributed by atoms with E-state index in [0.29, 0.717) is 13.0 Å². The largest absolute Gasteiger partial charge is 0.467 e. The van der Waals surface area contributed by atoms with Crippen LogP contribution in [0.4, 0.5) is 0 Å². The molecule has 1 aliphatic rings. The van der Waals surface area contributed by atoms with Gasteiger partial charge in [0, 0.05) is 34.2 Å². The molecular formula is C34H56N4O7. The molecule has 2 rings (SSSR count). The highest BCUT2D eigenvalue weighted by molar-refractivity contribution is 5.86. The van der Waals surface area contributed by atoms with Crippen molar-refractivity contribution in [2.75, 3.05) is 34.9 Å². The topological polar surface area (TPSA) is 141 Å². The Balaban J connectivity index is 2.22. The number of hydrogen-bond donors (Lipinski definition) is 2. The molecule has 0 bridgehead atoms. The van der Waals surface area contributed by atoms with E-state index in [-0.39, 0.29) is 54.5 Å². The fraction of sp³-hybridized carbons (Fsp3) is 0.706. The number of likely N-dealkylation sites (N-methyl/N-ethyl adjacent to an activating group) is 1. The molecule has 45 heavy (non-hydrogen) atoms. The van der Waals surface area contributed by atoms with Crippen LogP contribution >= 0.6 is 0 Å². The number of carbonyl (C=O) groups excluding carboxylic acids is 4. The van der Waals surface area contributed by atoms with Crippen LogP contribution in [0.2, 0.25) is 0 Å². The average Bonchev–Trinajstić information content (AvgIpc) is 3.52. The summed E-state index contributed by atoms with van der Waals surface area (Å²) in [6.07, 6.45) is 1.40. The van der Waals surface area contributed by atoms with Gasteiger partial charge in [0.15, 0.2) is 0 Å². The zero-order valence-corrected chi connectivity index (χ0v) is 28.7. The predicted molar refractivity (Wildman–Crippen MR) is 173 cm³/mol. The first-order valence-corrected chi connectivity index (χ1v) is 16.1. The molecule has 1 saturated heterocycles. The van der Waals surface area contributed by atoms with Gasteiger partial charge in [-0.15, -0.1) is 0 Å². The smallest absolute Gasteiger partial charge is 0.328 e. The van der Waals surface area contributed by atoms with Crippen molar-refractivity contribution in [2.24, 2.45) is 23.5 Å². The van der Waals surface area contributed by atoms with Crippen molar-refractivity contribution in [3.8, 4) is 0 Å². The summed E-state index contributed by atoms with van der Waals surface area (Å²) in [6.45, 7) is 10.2. The number of benzene rings is 1. The second kappa shape index (κ2) is 18.2. The van der Waals surface area contributed by atoms with E-state index in [1.165, 1.54) is 14.2 Å². The monoisotopic (exact) mass is 632 g/mol. The van der Waals surface area contributed by atoms with Crippen LogP contribution in [-0.2, 0) is 39.8 Å². The van der Waals surface area contributed by atoms with Crippen molar-refractivity contribution in [1.29, 1.82) is 0 Å². The molecule has 1 unspecified atom stereocenters. The van der Waals surface area contributed by atoms with Crippen molar-refractivity contribution in [2.45, 2.75) is 103 Å². The lowest BCUT2D eigenvalue weighted by Crippen LogP contribution is -2.56. The van der Waals surface area contributed by atoms with Crippen LogP contribution in [0.3, 0.4) is 0 Å². The molecule has 0 saturated carbocycles. The summed E-state index contributed by atoms with van der Waals surface area (Å²) < 4.78 is 16.7. The molecule has 8 atom stereocenters. The molecule has 0 aliphatic carbocycles. The minimum Gasteiger partial charge on any atom is -0.467 e. The Morgan fingerprint density at radius 3 is 2.22 bits per heavy atom. The third kappa shape index (κ3) is 9.98. The number of esters is 1. The minimum absolute atomic E-state index is 0.0306. The maximum atomic E-state index is 13.9. The Morgan fingerprint density at radius 1 is 1.04 bits per heavy atom. The molecule has 1 aromatic rings. The SMILES string of the molecule is CC[C@H](C)[C@@H]([C@@H](CC(=O)N1CCC[C@H]1C(OC)[C@@H](C)C(=O)N[C@@H](Cc1ccccc1)C(=O)OC)OC)N(C)C(=O)[C@@H](N)C(C)C. The van der Waals surface area contributed by atoms with Gasteiger partial charge in [0.1, 0.15) is 6.04 Å². The van der Waals surface area contributed by atoms with Crippen LogP contribution < -0.4 is 11.1 Å². The summed E-state index contributed by atoms with van der Waals surface area (Å²) >= 11 is 0. The Hall–Kier alpha value is -3.02. The maximum Gasteiger partial charge on any atom is 0.328 e. The van der Waals surface area contributed by atoms with Crippen molar-refractivity contribution in [3.63, 3.8) is 0 Å². The number of hydrogen-bond acceptors (Lipinski definition) is 8. The van der Waals surface area contributed by atoms with Crippen molar-refractivity contribution >= 4 is 23.7 Å². The summed E-state index contributed by atoms with van der Waals surface area (Å²) in [6, 6.07) is 7.18. The highest BCUT2D eigenvalue weighted by Crippen LogP contribution is 2.29. The highest BCUT2D eigenvalue weighted by atomic mass is 16.5. The van der Waals surface area contributed by atoms with Crippen molar-refractivity contribution in [3.05, 3.63) is 35.9 Å². The number of methoxy groups -OCH3 is 3. The van der Waals surface area contributed by atoms with Gasteiger partial charge in [0.25, 0.3) is 0 Å². The predicted octanol–water partition coefficient (Wildman–Crippen LogP) is 2.79.